The highest BCUT2D eigenvalue weighted by atomic mass is 16.3. The van der Waals surface area contributed by atoms with Gasteiger partial charge in [-0.1, -0.05) is 51.1 Å². The van der Waals surface area contributed by atoms with E-state index < -0.39 is 0 Å². The summed E-state index contributed by atoms with van der Waals surface area (Å²) in [6, 6.07) is 11.1. The highest BCUT2D eigenvalue weighted by Gasteiger charge is 2.23. The van der Waals surface area contributed by atoms with Crippen LogP contribution in [0.3, 0.4) is 0 Å². The third kappa shape index (κ3) is 4.21. The molecule has 0 saturated carbocycles. The second kappa shape index (κ2) is 6.79. The molecule has 1 atom stereocenters. The van der Waals surface area contributed by atoms with Gasteiger partial charge in [-0.2, -0.15) is 0 Å². The number of aliphatic hydroxyl groups is 1. The molecule has 0 radical (unpaired) electrons. The SMILES string of the molecule is CC(C)(C)C[C@@H](CO)NC(=O)c1occc1-c1ccccc1. The van der Waals surface area contributed by atoms with Crippen LogP contribution in [0.25, 0.3) is 11.1 Å². The largest absolute Gasteiger partial charge is 0.459 e. The lowest BCUT2D eigenvalue weighted by Gasteiger charge is -2.25. The van der Waals surface area contributed by atoms with Crippen LogP contribution in [0.5, 0.6) is 0 Å². The molecule has 118 valence electrons. The van der Waals surface area contributed by atoms with Gasteiger partial charge in [0.1, 0.15) is 0 Å². The summed E-state index contributed by atoms with van der Waals surface area (Å²) < 4.78 is 5.36. The Morgan fingerprint density at radius 3 is 2.50 bits per heavy atom. The smallest absolute Gasteiger partial charge is 0.287 e. The normalized spacial score (nSPS) is 12.9. The monoisotopic (exact) mass is 301 g/mol. The Bertz CT molecular complexity index is 611. The maximum absolute atomic E-state index is 12.4. The lowest BCUT2D eigenvalue weighted by molar-refractivity contribution is 0.0870. The average molecular weight is 301 g/mol. The first-order valence-corrected chi connectivity index (χ1v) is 7.45. The van der Waals surface area contributed by atoms with Crippen molar-refractivity contribution in [2.75, 3.05) is 6.61 Å². The van der Waals surface area contributed by atoms with Crippen molar-refractivity contribution < 1.29 is 14.3 Å². The summed E-state index contributed by atoms with van der Waals surface area (Å²) >= 11 is 0. The Kier molecular flexibility index (Phi) is 5.03. The molecule has 0 saturated heterocycles. The van der Waals surface area contributed by atoms with E-state index in [0.29, 0.717) is 6.42 Å². The second-order valence-electron chi connectivity index (χ2n) is 6.65. The first-order chi connectivity index (χ1) is 10.4. The third-order valence-corrected chi connectivity index (χ3v) is 3.37. The maximum atomic E-state index is 12.4. The summed E-state index contributed by atoms with van der Waals surface area (Å²) in [6.07, 6.45) is 2.20. The molecule has 0 spiro atoms. The molecule has 0 fully saturated rings. The molecule has 4 nitrogen and oxygen atoms in total. The zero-order valence-corrected chi connectivity index (χ0v) is 13.3. The van der Waals surface area contributed by atoms with Gasteiger partial charge in [0.2, 0.25) is 0 Å². The van der Waals surface area contributed by atoms with Gasteiger partial charge in [0.05, 0.1) is 18.9 Å². The molecule has 2 N–H and O–H groups in total. The summed E-state index contributed by atoms with van der Waals surface area (Å²) in [4.78, 5) is 12.4. The first kappa shape index (κ1) is 16.3. The van der Waals surface area contributed by atoms with Crippen LogP contribution in [0.4, 0.5) is 0 Å². The number of aliphatic hydroxyl groups excluding tert-OH is 1. The number of hydrogen-bond acceptors (Lipinski definition) is 3. The topological polar surface area (TPSA) is 62.5 Å². The minimum Gasteiger partial charge on any atom is -0.459 e. The van der Waals surface area contributed by atoms with E-state index in [0.717, 1.165) is 11.1 Å². The van der Waals surface area contributed by atoms with Gasteiger partial charge in [0.25, 0.3) is 5.91 Å². The van der Waals surface area contributed by atoms with Crippen LogP contribution in [0.1, 0.15) is 37.7 Å². The van der Waals surface area contributed by atoms with Gasteiger partial charge < -0.3 is 14.8 Å². The van der Waals surface area contributed by atoms with E-state index in [9.17, 15) is 9.90 Å². The molecular weight excluding hydrogens is 278 g/mol. The molecular formula is C18H23NO3. The molecule has 2 rings (SSSR count). The van der Waals surface area contributed by atoms with Crippen LogP contribution in [0, 0.1) is 5.41 Å². The number of carbonyl (C=O) groups excluding carboxylic acids is 1. The van der Waals surface area contributed by atoms with Gasteiger partial charge in [-0.3, -0.25) is 4.79 Å². The number of amides is 1. The lowest BCUT2D eigenvalue weighted by Crippen LogP contribution is -2.40. The standard InChI is InChI=1S/C18H23NO3/c1-18(2,3)11-14(12-20)19-17(21)16-15(9-10-22-16)13-7-5-4-6-8-13/h4-10,14,20H,11-12H2,1-3H3,(H,19,21)/t14-/m0/s1. The van der Waals surface area contributed by atoms with Gasteiger partial charge in [-0.15, -0.1) is 0 Å². The summed E-state index contributed by atoms with van der Waals surface area (Å²) in [5.74, 6) is -0.0225. The average Bonchev–Trinajstić information content (AvgIpc) is 2.95. The van der Waals surface area contributed by atoms with Crippen molar-refractivity contribution in [3.63, 3.8) is 0 Å². The fraction of sp³-hybridized carbons (Fsp3) is 0.389. The third-order valence-electron chi connectivity index (χ3n) is 3.37. The van der Waals surface area contributed by atoms with Gasteiger partial charge in [0.15, 0.2) is 5.76 Å². The number of rotatable bonds is 5. The predicted molar refractivity (Wildman–Crippen MR) is 86.6 cm³/mol. The van der Waals surface area contributed by atoms with Crippen LogP contribution in [-0.2, 0) is 0 Å². The molecule has 1 heterocycles. The van der Waals surface area contributed by atoms with Crippen LogP contribution >= 0.6 is 0 Å². The van der Waals surface area contributed by atoms with Crippen molar-refractivity contribution >= 4 is 5.91 Å². The minimum absolute atomic E-state index is 0.0199. The fourth-order valence-electron chi connectivity index (χ4n) is 2.48. The van der Waals surface area contributed by atoms with Crippen LogP contribution in [0.15, 0.2) is 47.1 Å². The van der Waals surface area contributed by atoms with E-state index in [1.807, 2.05) is 30.3 Å². The van der Waals surface area contributed by atoms with E-state index in [4.69, 9.17) is 4.42 Å². The summed E-state index contributed by atoms with van der Waals surface area (Å²) in [7, 11) is 0. The first-order valence-electron chi connectivity index (χ1n) is 7.45. The van der Waals surface area contributed by atoms with Gasteiger partial charge in [0, 0.05) is 5.56 Å². The fourth-order valence-corrected chi connectivity index (χ4v) is 2.48. The lowest BCUT2D eigenvalue weighted by atomic mass is 9.88. The highest BCUT2D eigenvalue weighted by molar-refractivity contribution is 5.98. The van der Waals surface area contributed by atoms with E-state index in [2.05, 4.69) is 26.1 Å². The molecule has 0 aliphatic carbocycles. The quantitative estimate of drug-likeness (QED) is 0.889. The molecule has 1 aromatic heterocycles. The zero-order valence-electron chi connectivity index (χ0n) is 13.3. The Morgan fingerprint density at radius 2 is 1.91 bits per heavy atom. The molecule has 22 heavy (non-hydrogen) atoms. The van der Waals surface area contributed by atoms with E-state index in [1.54, 1.807) is 6.07 Å². The Balaban J connectivity index is 2.16. The number of carbonyl (C=O) groups is 1. The van der Waals surface area contributed by atoms with Gasteiger partial charge in [-0.25, -0.2) is 0 Å². The molecule has 0 bridgehead atoms. The molecule has 1 amide bonds. The van der Waals surface area contributed by atoms with E-state index in [-0.39, 0.29) is 29.7 Å². The zero-order chi connectivity index (χ0) is 16.2. The van der Waals surface area contributed by atoms with Crippen molar-refractivity contribution in [1.29, 1.82) is 0 Å². The molecule has 4 heteroatoms. The summed E-state index contributed by atoms with van der Waals surface area (Å²) in [6.45, 7) is 6.13. The van der Waals surface area contributed by atoms with E-state index in [1.165, 1.54) is 6.26 Å². The molecule has 0 unspecified atom stereocenters. The van der Waals surface area contributed by atoms with Gasteiger partial charge >= 0.3 is 0 Å². The maximum Gasteiger partial charge on any atom is 0.287 e. The Morgan fingerprint density at radius 1 is 1.23 bits per heavy atom. The van der Waals surface area contributed by atoms with Gasteiger partial charge in [-0.05, 0) is 23.5 Å². The Labute approximate surface area is 131 Å². The van der Waals surface area contributed by atoms with Crippen LogP contribution < -0.4 is 5.32 Å². The number of nitrogens with one attached hydrogen (secondary N) is 1. The molecule has 0 aliphatic rings. The second-order valence-corrected chi connectivity index (χ2v) is 6.65. The minimum atomic E-state index is -0.299. The number of hydrogen-bond donors (Lipinski definition) is 2. The van der Waals surface area contributed by atoms with Crippen LogP contribution in [0.2, 0.25) is 0 Å². The Hall–Kier alpha value is -2.07. The van der Waals surface area contributed by atoms with Crippen molar-refractivity contribution in [3.8, 4) is 11.1 Å². The van der Waals surface area contributed by atoms with Crippen LogP contribution in [-0.4, -0.2) is 23.7 Å². The molecule has 2 aromatic rings. The summed E-state index contributed by atoms with van der Waals surface area (Å²) in [5.41, 5.74) is 1.70. The highest BCUT2D eigenvalue weighted by Crippen LogP contribution is 2.25. The van der Waals surface area contributed by atoms with E-state index >= 15 is 0 Å². The predicted octanol–water partition coefficient (Wildman–Crippen LogP) is 3.47. The number of furan rings is 1. The van der Waals surface area contributed by atoms with Crippen molar-refractivity contribution in [2.45, 2.75) is 33.2 Å². The number of benzene rings is 1. The summed E-state index contributed by atoms with van der Waals surface area (Å²) in [5, 5.41) is 12.3. The van der Waals surface area contributed by atoms with Crippen molar-refractivity contribution in [2.24, 2.45) is 5.41 Å². The van der Waals surface area contributed by atoms with Crippen molar-refractivity contribution in [3.05, 3.63) is 48.4 Å². The molecule has 0 aliphatic heterocycles. The molecule has 1 aromatic carbocycles. The van der Waals surface area contributed by atoms with Crippen molar-refractivity contribution in [1.82, 2.24) is 5.32 Å².